The summed E-state index contributed by atoms with van der Waals surface area (Å²) in [5, 5.41) is 0. The van der Waals surface area contributed by atoms with Crippen molar-refractivity contribution in [2.75, 3.05) is 0 Å². The summed E-state index contributed by atoms with van der Waals surface area (Å²) in [5.74, 6) is 1.12. The first-order chi connectivity index (χ1) is 12.4. The van der Waals surface area contributed by atoms with Gasteiger partial charge in [0.05, 0.1) is 20.7 Å². The van der Waals surface area contributed by atoms with Crippen molar-refractivity contribution in [3.8, 4) is 0 Å². The lowest BCUT2D eigenvalue weighted by atomic mass is 9.70. The first-order valence-corrected chi connectivity index (χ1v) is 12.8. The highest BCUT2D eigenvalue weighted by Gasteiger charge is 2.54. The molecule has 29 heavy (non-hydrogen) atoms. The average molecular weight is 431 g/mol. The second kappa shape index (κ2) is 7.50. The zero-order chi connectivity index (χ0) is 23.5. The molecule has 0 aliphatic carbocycles. The number of sulfone groups is 1. The molecule has 2 fully saturated rings. The Morgan fingerprint density at radius 3 is 1.28 bits per heavy atom. The quantitative estimate of drug-likeness (QED) is 0.414. The largest absolute Gasteiger partial charge is 0.369 e. The summed E-state index contributed by atoms with van der Waals surface area (Å²) >= 11 is 0. The standard InChI is InChI=1S/C13H26O2S.C12H24O/c1-11(2,3)10-8-12(4,5)16(14,15)13(6,7)9-10;1-10(2,3)9-8-11(4,5)13-12(9,6)7/h10H,8-9H2,1-7H3;9H,8H2,1-7H3. The minimum Gasteiger partial charge on any atom is -0.369 e. The van der Waals surface area contributed by atoms with Gasteiger partial charge in [-0.05, 0) is 97.3 Å². The Morgan fingerprint density at radius 2 is 1.07 bits per heavy atom. The lowest BCUT2D eigenvalue weighted by Gasteiger charge is -2.48. The Labute approximate surface area is 182 Å². The molecule has 0 radical (unpaired) electrons. The average Bonchev–Trinajstić information content (AvgIpc) is 2.63. The van der Waals surface area contributed by atoms with Crippen LogP contribution >= 0.6 is 0 Å². The summed E-state index contributed by atoms with van der Waals surface area (Å²) < 4.78 is 29.8. The van der Waals surface area contributed by atoms with Gasteiger partial charge >= 0.3 is 0 Å². The summed E-state index contributed by atoms with van der Waals surface area (Å²) in [6, 6.07) is 0. The first kappa shape index (κ1) is 26.9. The minimum atomic E-state index is -3.03. The fraction of sp³-hybridized carbons (Fsp3) is 1.00. The topological polar surface area (TPSA) is 43.4 Å². The van der Waals surface area contributed by atoms with Crippen LogP contribution in [0.3, 0.4) is 0 Å². The maximum atomic E-state index is 12.4. The monoisotopic (exact) mass is 430 g/mol. The Bertz CT molecular complexity index is 659. The van der Waals surface area contributed by atoms with Crippen LogP contribution in [0.2, 0.25) is 0 Å². The van der Waals surface area contributed by atoms with Crippen LogP contribution in [0, 0.1) is 22.7 Å². The Morgan fingerprint density at radius 1 is 0.690 bits per heavy atom. The van der Waals surface area contributed by atoms with E-state index in [9.17, 15) is 8.42 Å². The van der Waals surface area contributed by atoms with Crippen LogP contribution in [-0.2, 0) is 14.6 Å². The van der Waals surface area contributed by atoms with E-state index in [2.05, 4.69) is 69.2 Å². The molecule has 0 aromatic carbocycles. The van der Waals surface area contributed by atoms with Crippen LogP contribution in [-0.4, -0.2) is 29.1 Å². The van der Waals surface area contributed by atoms with Gasteiger partial charge in [0.1, 0.15) is 0 Å². The summed E-state index contributed by atoms with van der Waals surface area (Å²) in [7, 11) is -3.03. The number of rotatable bonds is 0. The van der Waals surface area contributed by atoms with Crippen molar-refractivity contribution in [1.29, 1.82) is 0 Å². The molecule has 0 N–H and O–H groups in total. The van der Waals surface area contributed by atoms with E-state index in [1.807, 2.05) is 27.7 Å². The molecule has 1 unspecified atom stereocenters. The first-order valence-electron chi connectivity index (χ1n) is 11.3. The molecule has 2 heterocycles. The highest BCUT2D eigenvalue weighted by atomic mass is 32.2. The van der Waals surface area contributed by atoms with Crippen LogP contribution in [0.15, 0.2) is 0 Å². The molecule has 3 nitrogen and oxygen atoms in total. The summed E-state index contributed by atoms with van der Waals surface area (Å²) in [5.41, 5.74) is 0.616. The van der Waals surface area contributed by atoms with Crippen LogP contribution in [0.1, 0.15) is 116 Å². The smallest absolute Gasteiger partial charge is 0.160 e. The fourth-order valence-electron chi connectivity index (χ4n) is 5.75. The normalized spacial score (nSPS) is 30.3. The molecule has 0 saturated carbocycles. The van der Waals surface area contributed by atoms with Gasteiger partial charge in [-0.1, -0.05) is 41.5 Å². The van der Waals surface area contributed by atoms with E-state index in [1.165, 1.54) is 6.42 Å². The van der Waals surface area contributed by atoms with Gasteiger partial charge in [0.25, 0.3) is 0 Å². The zero-order valence-electron chi connectivity index (χ0n) is 21.9. The summed E-state index contributed by atoms with van der Waals surface area (Å²) in [6.45, 7) is 29.9. The van der Waals surface area contributed by atoms with Crippen molar-refractivity contribution >= 4 is 9.84 Å². The van der Waals surface area contributed by atoms with Gasteiger partial charge in [0.15, 0.2) is 9.84 Å². The number of hydrogen-bond acceptors (Lipinski definition) is 3. The van der Waals surface area contributed by atoms with Crippen molar-refractivity contribution in [3.63, 3.8) is 0 Å². The van der Waals surface area contributed by atoms with Gasteiger partial charge in [0.2, 0.25) is 0 Å². The summed E-state index contributed by atoms with van der Waals surface area (Å²) in [4.78, 5) is 0. The van der Waals surface area contributed by atoms with Gasteiger partial charge in [-0.2, -0.15) is 0 Å². The summed E-state index contributed by atoms with van der Waals surface area (Å²) in [6.07, 6.45) is 2.73. The third-order valence-corrected chi connectivity index (χ3v) is 10.5. The predicted molar refractivity (Wildman–Crippen MR) is 126 cm³/mol. The molecular formula is C25H50O3S. The SMILES string of the molecule is CC(C)(C)C1CC(C)(C)S(=O)(=O)C(C)(C)C1.CC1(C)CC(C(C)(C)C)C(C)(C)O1. The third kappa shape index (κ3) is 5.79. The molecule has 174 valence electrons. The Hall–Kier alpha value is -0.0900. The third-order valence-electron chi connectivity index (χ3n) is 7.28. The van der Waals surface area contributed by atoms with Gasteiger partial charge in [-0.3, -0.25) is 0 Å². The van der Waals surface area contributed by atoms with Crippen LogP contribution < -0.4 is 0 Å². The lowest BCUT2D eigenvalue weighted by Crippen LogP contribution is -2.54. The molecule has 2 rings (SSSR count). The van der Waals surface area contributed by atoms with Crippen LogP contribution in [0.5, 0.6) is 0 Å². The Kier molecular flexibility index (Phi) is 6.97. The van der Waals surface area contributed by atoms with E-state index in [0.29, 0.717) is 17.3 Å². The molecule has 0 amide bonds. The highest BCUT2D eigenvalue weighted by Crippen LogP contribution is 2.50. The minimum absolute atomic E-state index is 0.0295. The van der Waals surface area contributed by atoms with Crippen LogP contribution in [0.4, 0.5) is 0 Å². The molecular weight excluding hydrogens is 380 g/mol. The molecule has 1 atom stereocenters. The van der Waals surface area contributed by atoms with E-state index in [1.54, 1.807) is 0 Å². The van der Waals surface area contributed by atoms with Gasteiger partial charge in [0, 0.05) is 0 Å². The van der Waals surface area contributed by atoms with Gasteiger partial charge in [-0.15, -0.1) is 0 Å². The number of ether oxygens (including phenoxy) is 1. The molecule has 0 spiro atoms. The second-order valence-electron chi connectivity index (χ2n) is 14.1. The predicted octanol–water partition coefficient (Wildman–Crippen LogP) is 7.04. The molecule has 4 heteroatoms. The molecule has 2 saturated heterocycles. The van der Waals surface area contributed by atoms with Crippen molar-refractivity contribution in [1.82, 2.24) is 0 Å². The maximum Gasteiger partial charge on any atom is 0.160 e. The van der Waals surface area contributed by atoms with Crippen molar-refractivity contribution in [2.24, 2.45) is 22.7 Å². The van der Waals surface area contributed by atoms with Gasteiger partial charge < -0.3 is 4.74 Å². The van der Waals surface area contributed by atoms with Crippen molar-refractivity contribution in [2.45, 2.75) is 137 Å². The number of hydrogen-bond donors (Lipinski definition) is 0. The maximum absolute atomic E-state index is 12.4. The van der Waals surface area contributed by atoms with E-state index >= 15 is 0 Å². The second-order valence-corrected chi connectivity index (χ2v) is 17.3. The molecule has 2 aliphatic heterocycles. The van der Waals surface area contributed by atoms with E-state index < -0.39 is 19.3 Å². The fourth-order valence-corrected chi connectivity index (χ4v) is 8.09. The van der Waals surface area contributed by atoms with E-state index in [0.717, 1.165) is 12.8 Å². The molecule has 2 aliphatic rings. The van der Waals surface area contributed by atoms with Crippen molar-refractivity contribution in [3.05, 3.63) is 0 Å². The molecule has 0 bridgehead atoms. The Balaban J connectivity index is 0.000000296. The molecule has 0 aromatic rings. The van der Waals surface area contributed by atoms with Crippen LogP contribution in [0.25, 0.3) is 0 Å². The van der Waals surface area contributed by atoms with E-state index in [4.69, 9.17) is 4.74 Å². The highest BCUT2D eigenvalue weighted by molar-refractivity contribution is 7.94. The zero-order valence-corrected chi connectivity index (χ0v) is 22.7. The lowest BCUT2D eigenvalue weighted by molar-refractivity contribution is -0.0850. The molecule has 0 aromatic heterocycles. The van der Waals surface area contributed by atoms with Gasteiger partial charge in [-0.25, -0.2) is 8.42 Å². The van der Waals surface area contributed by atoms with Crippen molar-refractivity contribution < 1.29 is 13.2 Å². The van der Waals surface area contributed by atoms with E-state index in [-0.39, 0.29) is 16.6 Å².